The van der Waals surface area contributed by atoms with Gasteiger partial charge < -0.3 is 0 Å². The maximum atomic E-state index is 13.8. The molecule has 1 aliphatic carbocycles. The van der Waals surface area contributed by atoms with Gasteiger partial charge in [0, 0.05) is 32.0 Å². The van der Waals surface area contributed by atoms with E-state index in [1.807, 2.05) is 54.6 Å². The standard InChI is InChI=1S/C30H24OS2/c1-30(2,3)20-15-17-21(18-16-20)33-25-14-8-13-24-27(25)28(31)23-12-7-11-22(26(23)29(24)32)19-9-5-4-6-10-19/h4-18H,1-3H3. The van der Waals surface area contributed by atoms with E-state index in [9.17, 15) is 4.79 Å². The van der Waals surface area contributed by atoms with Gasteiger partial charge in [-0.15, -0.1) is 0 Å². The lowest BCUT2D eigenvalue weighted by molar-refractivity contribution is 0.103. The Morgan fingerprint density at radius 1 is 0.667 bits per heavy atom. The number of carbonyl (C=O) groups is 1. The highest BCUT2D eigenvalue weighted by Gasteiger charge is 2.31. The van der Waals surface area contributed by atoms with Gasteiger partial charge in [0.15, 0.2) is 5.78 Å². The first-order valence-electron chi connectivity index (χ1n) is 11.0. The van der Waals surface area contributed by atoms with Crippen LogP contribution in [0.3, 0.4) is 0 Å². The zero-order chi connectivity index (χ0) is 23.2. The third-order valence-electron chi connectivity index (χ3n) is 6.07. The maximum absolute atomic E-state index is 13.8. The molecule has 0 radical (unpaired) electrons. The number of carbonyl (C=O) groups excluding carboxylic acids is 1. The summed E-state index contributed by atoms with van der Waals surface area (Å²) in [5, 5.41) is 0. The molecule has 0 amide bonds. The van der Waals surface area contributed by atoms with E-state index in [1.165, 1.54) is 5.56 Å². The normalized spacial score (nSPS) is 12.9. The number of ketones is 1. The van der Waals surface area contributed by atoms with E-state index in [4.69, 9.17) is 12.2 Å². The monoisotopic (exact) mass is 464 g/mol. The topological polar surface area (TPSA) is 17.1 Å². The second kappa shape index (κ2) is 8.40. The van der Waals surface area contributed by atoms with Crippen molar-refractivity contribution in [1.82, 2.24) is 0 Å². The van der Waals surface area contributed by atoms with Crippen LogP contribution in [0.4, 0.5) is 0 Å². The van der Waals surface area contributed by atoms with Crippen LogP contribution in [-0.4, -0.2) is 10.6 Å². The summed E-state index contributed by atoms with van der Waals surface area (Å²) in [5.74, 6) is 0.0424. The van der Waals surface area contributed by atoms with E-state index in [0.717, 1.165) is 36.9 Å². The first kappa shape index (κ1) is 21.8. The SMILES string of the molecule is CC(C)(C)c1ccc(Sc2cccc3c2C(=O)c2cccc(-c4ccccc4)c2C3=S)cc1. The van der Waals surface area contributed by atoms with E-state index < -0.39 is 0 Å². The van der Waals surface area contributed by atoms with Crippen molar-refractivity contribution >= 4 is 34.6 Å². The molecule has 0 aliphatic heterocycles. The summed E-state index contributed by atoms with van der Waals surface area (Å²) in [7, 11) is 0. The van der Waals surface area contributed by atoms with Gasteiger partial charge in [-0.1, -0.05) is 118 Å². The van der Waals surface area contributed by atoms with Gasteiger partial charge in [0.2, 0.25) is 0 Å². The van der Waals surface area contributed by atoms with Crippen LogP contribution in [0.1, 0.15) is 53.4 Å². The van der Waals surface area contributed by atoms with Crippen LogP contribution in [0, 0.1) is 0 Å². The first-order chi connectivity index (χ1) is 15.8. The average Bonchev–Trinajstić information content (AvgIpc) is 2.82. The molecule has 4 aromatic carbocycles. The molecule has 0 unspecified atom stereocenters. The van der Waals surface area contributed by atoms with Gasteiger partial charge in [0.1, 0.15) is 0 Å². The summed E-state index contributed by atoms with van der Waals surface area (Å²) in [6.07, 6.45) is 0. The molecule has 1 nitrogen and oxygen atoms in total. The van der Waals surface area contributed by atoms with Gasteiger partial charge in [0.05, 0.1) is 4.86 Å². The molecule has 0 aromatic heterocycles. The molecule has 0 saturated heterocycles. The molecule has 0 fully saturated rings. The van der Waals surface area contributed by atoms with E-state index >= 15 is 0 Å². The minimum absolute atomic E-state index is 0.0424. The van der Waals surface area contributed by atoms with Crippen LogP contribution in [0.5, 0.6) is 0 Å². The molecule has 0 atom stereocenters. The molecule has 1 aliphatic rings. The number of fused-ring (bicyclic) bond motifs is 2. The molecule has 3 heteroatoms. The minimum Gasteiger partial charge on any atom is -0.289 e. The van der Waals surface area contributed by atoms with Crippen molar-refractivity contribution in [3.8, 4) is 11.1 Å². The maximum Gasteiger partial charge on any atom is 0.195 e. The van der Waals surface area contributed by atoms with Crippen molar-refractivity contribution in [1.29, 1.82) is 0 Å². The number of hydrogen-bond acceptors (Lipinski definition) is 3. The zero-order valence-electron chi connectivity index (χ0n) is 18.9. The number of benzene rings is 4. The largest absolute Gasteiger partial charge is 0.289 e. The third kappa shape index (κ3) is 3.96. The van der Waals surface area contributed by atoms with Gasteiger partial charge in [0.25, 0.3) is 0 Å². The molecule has 0 spiro atoms. The van der Waals surface area contributed by atoms with Crippen molar-refractivity contribution in [2.75, 3.05) is 0 Å². The highest BCUT2D eigenvalue weighted by Crippen LogP contribution is 2.40. The van der Waals surface area contributed by atoms with Crippen molar-refractivity contribution in [3.05, 3.63) is 119 Å². The summed E-state index contributed by atoms with van der Waals surface area (Å²) >= 11 is 7.60. The fraction of sp³-hybridized carbons (Fsp3) is 0.133. The summed E-state index contributed by atoms with van der Waals surface area (Å²) in [6.45, 7) is 6.64. The summed E-state index contributed by atoms with van der Waals surface area (Å²) < 4.78 is 0. The van der Waals surface area contributed by atoms with Crippen LogP contribution < -0.4 is 0 Å². The van der Waals surface area contributed by atoms with Crippen LogP contribution in [0.2, 0.25) is 0 Å². The molecular formula is C30H24OS2. The van der Waals surface area contributed by atoms with Crippen LogP contribution >= 0.6 is 24.0 Å². The fourth-order valence-corrected chi connectivity index (χ4v) is 5.67. The van der Waals surface area contributed by atoms with Crippen molar-refractivity contribution in [2.24, 2.45) is 0 Å². The van der Waals surface area contributed by atoms with E-state index in [0.29, 0.717) is 11.1 Å². The zero-order valence-corrected chi connectivity index (χ0v) is 20.5. The second-order valence-corrected chi connectivity index (χ2v) is 10.8. The summed E-state index contributed by atoms with van der Waals surface area (Å²) in [4.78, 5) is 16.6. The molecule has 162 valence electrons. The average molecular weight is 465 g/mol. The predicted octanol–water partition coefficient (Wildman–Crippen LogP) is 8.11. The Morgan fingerprint density at radius 2 is 1.30 bits per heavy atom. The molecule has 0 bridgehead atoms. The summed E-state index contributed by atoms with van der Waals surface area (Å²) in [5.41, 5.74) is 6.59. The Labute approximate surface area is 204 Å². The summed E-state index contributed by atoms with van der Waals surface area (Å²) in [6, 6.07) is 30.7. The first-order valence-corrected chi connectivity index (χ1v) is 12.3. The quantitative estimate of drug-likeness (QED) is 0.251. The number of thiocarbonyl (C=S) groups is 1. The number of hydrogen-bond donors (Lipinski definition) is 0. The Balaban J connectivity index is 1.58. The smallest absolute Gasteiger partial charge is 0.195 e. The Bertz CT molecular complexity index is 1380. The van der Waals surface area contributed by atoms with Gasteiger partial charge >= 0.3 is 0 Å². The fourth-order valence-electron chi connectivity index (χ4n) is 4.30. The lowest BCUT2D eigenvalue weighted by atomic mass is 9.81. The van der Waals surface area contributed by atoms with Crippen molar-refractivity contribution in [3.63, 3.8) is 0 Å². The molecule has 0 saturated carbocycles. The van der Waals surface area contributed by atoms with Crippen LogP contribution in [-0.2, 0) is 5.41 Å². The Kier molecular flexibility index (Phi) is 5.55. The van der Waals surface area contributed by atoms with E-state index in [2.05, 4.69) is 57.2 Å². The molecular weight excluding hydrogens is 440 g/mol. The van der Waals surface area contributed by atoms with E-state index in [-0.39, 0.29) is 11.2 Å². The molecule has 4 aromatic rings. The van der Waals surface area contributed by atoms with Crippen molar-refractivity contribution < 1.29 is 4.79 Å². The minimum atomic E-state index is 0.0424. The van der Waals surface area contributed by atoms with Crippen LogP contribution in [0.25, 0.3) is 11.1 Å². The third-order valence-corrected chi connectivity index (χ3v) is 7.56. The number of rotatable bonds is 3. The van der Waals surface area contributed by atoms with Crippen molar-refractivity contribution in [2.45, 2.75) is 36.0 Å². The predicted molar refractivity (Wildman–Crippen MR) is 142 cm³/mol. The lowest BCUT2D eigenvalue weighted by Gasteiger charge is -2.24. The lowest BCUT2D eigenvalue weighted by Crippen LogP contribution is -2.22. The molecule has 33 heavy (non-hydrogen) atoms. The van der Waals surface area contributed by atoms with Crippen LogP contribution in [0.15, 0.2) is 101 Å². The van der Waals surface area contributed by atoms with Gasteiger partial charge in [-0.2, -0.15) is 0 Å². The Morgan fingerprint density at radius 3 is 2.00 bits per heavy atom. The van der Waals surface area contributed by atoms with E-state index in [1.54, 1.807) is 11.8 Å². The molecule has 5 rings (SSSR count). The highest BCUT2D eigenvalue weighted by atomic mass is 32.2. The Hall–Kier alpha value is -3.01. The highest BCUT2D eigenvalue weighted by molar-refractivity contribution is 7.99. The molecule has 0 heterocycles. The second-order valence-electron chi connectivity index (χ2n) is 9.31. The molecule has 0 N–H and O–H groups in total. The van der Waals surface area contributed by atoms with Gasteiger partial charge in [-0.05, 0) is 40.3 Å². The van der Waals surface area contributed by atoms with Gasteiger partial charge in [-0.25, -0.2) is 0 Å². The van der Waals surface area contributed by atoms with Gasteiger partial charge in [-0.3, -0.25) is 4.79 Å².